The Morgan fingerprint density at radius 2 is 2.25 bits per heavy atom. The van der Waals surface area contributed by atoms with Crippen molar-refractivity contribution >= 4 is 6.03 Å². The molecule has 8 heteroatoms. The van der Waals surface area contributed by atoms with Gasteiger partial charge in [-0.15, -0.1) is 0 Å². The van der Waals surface area contributed by atoms with Crippen LogP contribution < -0.4 is 14.8 Å². The minimum atomic E-state index is -2.92. The molecular weight excluding hydrogens is 322 g/mol. The van der Waals surface area contributed by atoms with Crippen molar-refractivity contribution in [3.63, 3.8) is 0 Å². The summed E-state index contributed by atoms with van der Waals surface area (Å²) >= 11 is 0. The summed E-state index contributed by atoms with van der Waals surface area (Å²) in [5, 5.41) is 2.81. The summed E-state index contributed by atoms with van der Waals surface area (Å²) in [6, 6.07) is 4.43. The number of morpholine rings is 1. The number of alkyl halides is 2. The minimum Gasteiger partial charge on any atom is -0.490 e. The van der Waals surface area contributed by atoms with Crippen molar-refractivity contribution < 1.29 is 27.8 Å². The molecule has 0 saturated carbocycles. The van der Waals surface area contributed by atoms with E-state index in [0.717, 1.165) is 5.56 Å². The first-order valence-corrected chi connectivity index (χ1v) is 7.84. The molecule has 0 spiro atoms. The molecule has 1 saturated heterocycles. The zero-order valence-electron chi connectivity index (χ0n) is 13.8. The highest BCUT2D eigenvalue weighted by Gasteiger charge is 2.21. The van der Waals surface area contributed by atoms with Gasteiger partial charge in [-0.3, -0.25) is 0 Å². The number of nitrogens with zero attached hydrogens (tertiary/aromatic N) is 1. The average Bonchev–Trinajstić information content (AvgIpc) is 2.54. The summed E-state index contributed by atoms with van der Waals surface area (Å²) < 4.78 is 39.9. The third-order valence-corrected chi connectivity index (χ3v) is 3.50. The van der Waals surface area contributed by atoms with E-state index in [0.29, 0.717) is 26.3 Å². The van der Waals surface area contributed by atoms with Gasteiger partial charge in [0.05, 0.1) is 19.3 Å². The van der Waals surface area contributed by atoms with Gasteiger partial charge in [0.2, 0.25) is 0 Å². The lowest BCUT2D eigenvalue weighted by atomic mass is 10.2. The number of ether oxygens (including phenoxy) is 3. The highest BCUT2D eigenvalue weighted by atomic mass is 19.3. The number of halogens is 2. The number of amides is 2. The molecule has 134 valence electrons. The molecule has 1 N–H and O–H groups in total. The summed E-state index contributed by atoms with van der Waals surface area (Å²) in [5.41, 5.74) is 0.731. The Morgan fingerprint density at radius 3 is 2.92 bits per heavy atom. The minimum absolute atomic E-state index is 0.0137. The monoisotopic (exact) mass is 344 g/mol. The van der Waals surface area contributed by atoms with Gasteiger partial charge in [0.1, 0.15) is 0 Å². The Labute approximate surface area is 139 Å². The molecular formula is C16H22F2N2O4. The number of benzene rings is 1. The van der Waals surface area contributed by atoms with E-state index < -0.39 is 6.61 Å². The van der Waals surface area contributed by atoms with Crippen LogP contribution in [0.2, 0.25) is 0 Å². The van der Waals surface area contributed by atoms with Gasteiger partial charge in [0.15, 0.2) is 11.5 Å². The van der Waals surface area contributed by atoms with E-state index in [2.05, 4.69) is 10.1 Å². The van der Waals surface area contributed by atoms with Gasteiger partial charge in [-0.2, -0.15) is 8.78 Å². The lowest BCUT2D eigenvalue weighted by Crippen LogP contribution is -2.48. The van der Waals surface area contributed by atoms with Crippen LogP contribution in [0.1, 0.15) is 19.4 Å². The van der Waals surface area contributed by atoms with Crippen molar-refractivity contribution in [3.8, 4) is 11.5 Å². The largest absolute Gasteiger partial charge is 0.490 e. The predicted molar refractivity (Wildman–Crippen MR) is 83.5 cm³/mol. The molecule has 1 atom stereocenters. The SMILES string of the molecule is CCOc1cc(CNC(=O)N2CCOC(C)C2)ccc1OC(F)F. The highest BCUT2D eigenvalue weighted by molar-refractivity contribution is 5.74. The summed E-state index contributed by atoms with van der Waals surface area (Å²) in [7, 11) is 0. The predicted octanol–water partition coefficient (Wildman–Crippen LogP) is 2.62. The molecule has 0 bridgehead atoms. The Kier molecular flexibility index (Phi) is 6.60. The summed E-state index contributed by atoms with van der Waals surface area (Å²) in [6.45, 7) is 2.93. The lowest BCUT2D eigenvalue weighted by Gasteiger charge is -2.31. The van der Waals surface area contributed by atoms with Crippen molar-refractivity contribution in [2.75, 3.05) is 26.3 Å². The normalized spacial score (nSPS) is 17.7. The maximum Gasteiger partial charge on any atom is 0.387 e. The Balaban J connectivity index is 1.96. The average molecular weight is 344 g/mol. The van der Waals surface area contributed by atoms with Crippen LogP contribution >= 0.6 is 0 Å². The number of nitrogens with one attached hydrogen (secondary N) is 1. The van der Waals surface area contributed by atoms with Gasteiger partial charge >= 0.3 is 12.6 Å². The van der Waals surface area contributed by atoms with E-state index in [9.17, 15) is 13.6 Å². The maximum atomic E-state index is 12.4. The van der Waals surface area contributed by atoms with Crippen molar-refractivity contribution in [1.82, 2.24) is 10.2 Å². The van der Waals surface area contributed by atoms with Crippen LogP contribution in [0.3, 0.4) is 0 Å². The van der Waals surface area contributed by atoms with Gasteiger partial charge in [-0.05, 0) is 31.5 Å². The number of hydrogen-bond donors (Lipinski definition) is 1. The quantitative estimate of drug-likeness (QED) is 0.862. The molecule has 6 nitrogen and oxygen atoms in total. The van der Waals surface area contributed by atoms with Crippen LogP contribution in [0.15, 0.2) is 18.2 Å². The molecule has 1 heterocycles. The number of carbonyl (C=O) groups is 1. The molecule has 0 aromatic heterocycles. The molecule has 24 heavy (non-hydrogen) atoms. The lowest BCUT2D eigenvalue weighted by molar-refractivity contribution is -0.0514. The Hall–Kier alpha value is -2.09. The molecule has 2 rings (SSSR count). The second-order valence-corrected chi connectivity index (χ2v) is 5.38. The standard InChI is InChI=1S/C16H22F2N2O4/c1-3-22-14-8-12(4-5-13(14)24-15(17)18)9-19-16(21)20-6-7-23-11(2)10-20/h4-5,8,11,15H,3,6-7,9-10H2,1-2H3,(H,19,21). The first-order chi connectivity index (χ1) is 11.5. The number of urea groups is 1. The fraction of sp³-hybridized carbons (Fsp3) is 0.562. The third-order valence-electron chi connectivity index (χ3n) is 3.50. The van der Waals surface area contributed by atoms with E-state index in [4.69, 9.17) is 9.47 Å². The van der Waals surface area contributed by atoms with Gasteiger partial charge in [0, 0.05) is 19.6 Å². The van der Waals surface area contributed by atoms with Crippen molar-refractivity contribution in [1.29, 1.82) is 0 Å². The third kappa shape index (κ3) is 5.23. The van der Waals surface area contributed by atoms with E-state index in [1.807, 2.05) is 6.92 Å². The first kappa shape index (κ1) is 18.3. The number of carbonyl (C=O) groups excluding carboxylic acids is 1. The first-order valence-electron chi connectivity index (χ1n) is 7.84. The van der Waals surface area contributed by atoms with E-state index in [1.165, 1.54) is 6.07 Å². The fourth-order valence-corrected chi connectivity index (χ4v) is 2.42. The summed E-state index contributed by atoms with van der Waals surface area (Å²) in [6.07, 6.45) is 0.0137. The van der Waals surface area contributed by atoms with Gasteiger partial charge in [-0.25, -0.2) is 4.79 Å². The summed E-state index contributed by atoms with van der Waals surface area (Å²) in [5.74, 6) is 0.202. The van der Waals surface area contributed by atoms with Gasteiger partial charge < -0.3 is 24.4 Å². The van der Waals surface area contributed by atoms with Crippen molar-refractivity contribution in [3.05, 3.63) is 23.8 Å². The number of rotatable bonds is 6. The second-order valence-electron chi connectivity index (χ2n) is 5.38. The highest BCUT2D eigenvalue weighted by Crippen LogP contribution is 2.29. The van der Waals surface area contributed by atoms with Crippen molar-refractivity contribution in [2.45, 2.75) is 33.1 Å². The molecule has 1 aliphatic rings. The number of hydrogen-bond acceptors (Lipinski definition) is 4. The fourth-order valence-electron chi connectivity index (χ4n) is 2.42. The van der Waals surface area contributed by atoms with Gasteiger partial charge in [0.25, 0.3) is 0 Å². The van der Waals surface area contributed by atoms with Crippen LogP contribution in [-0.4, -0.2) is 49.9 Å². The maximum absolute atomic E-state index is 12.4. The summed E-state index contributed by atoms with van der Waals surface area (Å²) in [4.78, 5) is 13.8. The zero-order valence-corrected chi connectivity index (χ0v) is 13.8. The molecule has 0 radical (unpaired) electrons. The molecule has 1 aromatic rings. The molecule has 2 amide bonds. The Morgan fingerprint density at radius 1 is 1.46 bits per heavy atom. The second kappa shape index (κ2) is 8.68. The van der Waals surface area contributed by atoms with Crippen LogP contribution in [0.25, 0.3) is 0 Å². The van der Waals surface area contributed by atoms with E-state index in [-0.39, 0.29) is 30.2 Å². The van der Waals surface area contributed by atoms with Crippen LogP contribution in [0, 0.1) is 0 Å². The Bertz CT molecular complexity index is 557. The van der Waals surface area contributed by atoms with Crippen molar-refractivity contribution in [2.24, 2.45) is 0 Å². The molecule has 0 aliphatic carbocycles. The smallest absolute Gasteiger partial charge is 0.387 e. The topological polar surface area (TPSA) is 60.0 Å². The molecule has 1 fully saturated rings. The van der Waals surface area contributed by atoms with E-state index >= 15 is 0 Å². The van der Waals surface area contributed by atoms with Gasteiger partial charge in [-0.1, -0.05) is 6.07 Å². The zero-order chi connectivity index (χ0) is 17.5. The van der Waals surface area contributed by atoms with Crippen LogP contribution in [-0.2, 0) is 11.3 Å². The molecule has 1 aromatic carbocycles. The molecule has 1 aliphatic heterocycles. The van der Waals surface area contributed by atoms with Crippen LogP contribution in [0.5, 0.6) is 11.5 Å². The van der Waals surface area contributed by atoms with Crippen LogP contribution in [0.4, 0.5) is 13.6 Å². The van der Waals surface area contributed by atoms with E-state index in [1.54, 1.807) is 24.0 Å². The molecule has 1 unspecified atom stereocenters.